The lowest BCUT2D eigenvalue weighted by atomic mass is 10.1. The molecule has 4 nitrogen and oxygen atoms in total. The van der Waals surface area contributed by atoms with E-state index in [-0.39, 0.29) is 5.91 Å². The molecule has 1 heterocycles. The van der Waals surface area contributed by atoms with Crippen LogP contribution in [0.3, 0.4) is 0 Å². The van der Waals surface area contributed by atoms with E-state index in [9.17, 15) is 4.79 Å². The van der Waals surface area contributed by atoms with E-state index >= 15 is 0 Å². The Labute approximate surface area is 181 Å². The minimum absolute atomic E-state index is 0.142. The number of thiazole rings is 1. The van der Waals surface area contributed by atoms with E-state index in [1.807, 2.05) is 19.0 Å². The van der Waals surface area contributed by atoms with E-state index in [0.717, 1.165) is 34.1 Å². The molecule has 154 valence electrons. The second-order valence-electron chi connectivity index (χ2n) is 7.37. The first-order valence-corrected chi connectivity index (χ1v) is 11.8. The number of rotatable bonds is 9. The highest BCUT2D eigenvalue weighted by Gasteiger charge is 2.20. The molecular formula is C23H29N3OS2. The molecule has 0 fully saturated rings. The Morgan fingerprint density at radius 2 is 1.86 bits per heavy atom. The Bertz CT molecular complexity index is 950. The first-order valence-electron chi connectivity index (χ1n) is 10.0. The van der Waals surface area contributed by atoms with Crippen LogP contribution in [-0.4, -0.2) is 48.7 Å². The van der Waals surface area contributed by atoms with Crippen LogP contribution in [0.2, 0.25) is 0 Å². The number of carbonyl (C=O) groups excluding carboxylic acids is 1. The summed E-state index contributed by atoms with van der Waals surface area (Å²) in [5.41, 5.74) is 3.52. The Morgan fingerprint density at radius 1 is 1.10 bits per heavy atom. The van der Waals surface area contributed by atoms with Crippen LogP contribution in [0.5, 0.6) is 0 Å². The lowest BCUT2D eigenvalue weighted by Crippen LogP contribution is -2.36. The molecule has 3 aromatic rings. The van der Waals surface area contributed by atoms with Crippen LogP contribution in [0, 0.1) is 6.92 Å². The first-order chi connectivity index (χ1) is 14.0. The monoisotopic (exact) mass is 427 g/mol. The second kappa shape index (κ2) is 10.2. The Hall–Kier alpha value is -1.89. The van der Waals surface area contributed by atoms with Crippen LogP contribution in [0.15, 0.2) is 47.4 Å². The summed E-state index contributed by atoms with van der Waals surface area (Å²) in [4.78, 5) is 23.1. The zero-order chi connectivity index (χ0) is 20.8. The maximum absolute atomic E-state index is 13.1. The van der Waals surface area contributed by atoms with Gasteiger partial charge in [-0.3, -0.25) is 9.69 Å². The first kappa shape index (κ1) is 21.8. The molecule has 2 aromatic carbocycles. The summed E-state index contributed by atoms with van der Waals surface area (Å²) < 4.78 is 1.15. The van der Waals surface area contributed by atoms with Crippen molar-refractivity contribution < 1.29 is 4.79 Å². The molecule has 0 aliphatic rings. The normalized spacial score (nSPS) is 11.3. The quantitative estimate of drug-likeness (QED) is 0.437. The fourth-order valence-corrected chi connectivity index (χ4v) is 4.95. The van der Waals surface area contributed by atoms with Gasteiger partial charge >= 0.3 is 0 Å². The smallest absolute Gasteiger partial charge is 0.229 e. The number of aromatic nitrogens is 1. The summed E-state index contributed by atoms with van der Waals surface area (Å²) in [6.07, 6.45) is 1.45. The standard InChI is InChI=1S/C23H29N3OS2/c1-5-18-7-6-8-20-22(18)24-23(29-20)26(15-14-25(3)4)21(27)13-16-28-19-11-9-17(2)10-12-19/h6-12H,5,13-16H2,1-4H3. The highest BCUT2D eigenvalue weighted by atomic mass is 32.2. The zero-order valence-electron chi connectivity index (χ0n) is 17.6. The molecule has 0 saturated heterocycles. The van der Waals surface area contributed by atoms with Gasteiger partial charge in [0.1, 0.15) is 0 Å². The molecule has 6 heteroatoms. The van der Waals surface area contributed by atoms with E-state index in [1.54, 1.807) is 23.1 Å². The Morgan fingerprint density at radius 3 is 2.55 bits per heavy atom. The van der Waals surface area contributed by atoms with Gasteiger partial charge in [-0.25, -0.2) is 4.98 Å². The van der Waals surface area contributed by atoms with Crippen molar-refractivity contribution in [1.82, 2.24) is 9.88 Å². The lowest BCUT2D eigenvalue weighted by Gasteiger charge is -2.22. The van der Waals surface area contributed by atoms with Gasteiger partial charge in [0.25, 0.3) is 0 Å². The van der Waals surface area contributed by atoms with Crippen LogP contribution in [0.4, 0.5) is 5.13 Å². The topological polar surface area (TPSA) is 36.4 Å². The molecule has 0 aliphatic carbocycles. The average molecular weight is 428 g/mol. The molecule has 29 heavy (non-hydrogen) atoms. The summed E-state index contributed by atoms with van der Waals surface area (Å²) in [6, 6.07) is 14.8. The Balaban J connectivity index is 1.73. The van der Waals surface area contributed by atoms with E-state index < -0.39 is 0 Å². The minimum atomic E-state index is 0.142. The number of hydrogen-bond donors (Lipinski definition) is 0. The second-order valence-corrected chi connectivity index (χ2v) is 9.55. The number of likely N-dealkylation sites (N-methyl/N-ethyl adjacent to an activating group) is 1. The maximum Gasteiger partial charge on any atom is 0.229 e. The average Bonchev–Trinajstić information content (AvgIpc) is 3.13. The number of nitrogens with zero attached hydrogens (tertiary/aromatic N) is 3. The largest absolute Gasteiger partial charge is 0.308 e. The van der Waals surface area contributed by atoms with E-state index in [2.05, 4.69) is 61.2 Å². The summed E-state index contributed by atoms with van der Waals surface area (Å²) in [7, 11) is 4.06. The van der Waals surface area contributed by atoms with Crippen molar-refractivity contribution in [2.75, 3.05) is 37.8 Å². The van der Waals surface area contributed by atoms with Crippen molar-refractivity contribution in [3.8, 4) is 0 Å². The number of amides is 1. The molecule has 3 rings (SSSR count). The molecule has 1 amide bonds. The summed E-state index contributed by atoms with van der Waals surface area (Å²) in [5, 5.41) is 0.813. The molecule has 0 spiro atoms. The van der Waals surface area contributed by atoms with Crippen molar-refractivity contribution in [3.05, 3.63) is 53.6 Å². The third kappa shape index (κ3) is 5.81. The molecule has 0 N–H and O–H groups in total. The van der Waals surface area contributed by atoms with Crippen molar-refractivity contribution in [1.29, 1.82) is 0 Å². The fourth-order valence-electron chi connectivity index (χ4n) is 3.05. The lowest BCUT2D eigenvalue weighted by molar-refractivity contribution is -0.118. The number of para-hydroxylation sites is 1. The highest BCUT2D eigenvalue weighted by molar-refractivity contribution is 7.99. The Kier molecular flexibility index (Phi) is 7.70. The van der Waals surface area contributed by atoms with Crippen molar-refractivity contribution >= 4 is 44.4 Å². The number of hydrogen-bond acceptors (Lipinski definition) is 5. The minimum Gasteiger partial charge on any atom is -0.308 e. The predicted molar refractivity (Wildman–Crippen MR) is 126 cm³/mol. The number of fused-ring (bicyclic) bond motifs is 1. The number of thioether (sulfide) groups is 1. The van der Waals surface area contributed by atoms with Gasteiger partial charge in [0.05, 0.1) is 10.2 Å². The van der Waals surface area contributed by atoms with Gasteiger partial charge in [0, 0.05) is 30.2 Å². The van der Waals surface area contributed by atoms with Crippen LogP contribution in [0.1, 0.15) is 24.5 Å². The summed E-state index contributed by atoms with van der Waals surface area (Å²) in [5.74, 6) is 0.912. The number of aryl methyl sites for hydroxylation is 2. The van der Waals surface area contributed by atoms with Crippen molar-refractivity contribution in [2.45, 2.75) is 31.6 Å². The third-order valence-corrected chi connectivity index (χ3v) is 6.84. The van der Waals surface area contributed by atoms with Crippen LogP contribution >= 0.6 is 23.1 Å². The molecule has 0 saturated carbocycles. The van der Waals surface area contributed by atoms with Crippen LogP contribution in [-0.2, 0) is 11.2 Å². The summed E-state index contributed by atoms with van der Waals surface area (Å²) >= 11 is 3.35. The molecule has 1 aromatic heterocycles. The predicted octanol–water partition coefficient (Wildman–Crippen LogP) is 5.24. The van der Waals surface area contributed by atoms with Gasteiger partial charge in [-0.2, -0.15) is 0 Å². The summed E-state index contributed by atoms with van der Waals surface area (Å²) in [6.45, 7) is 5.70. The van der Waals surface area contributed by atoms with Crippen molar-refractivity contribution in [2.24, 2.45) is 0 Å². The third-order valence-electron chi connectivity index (χ3n) is 4.78. The van der Waals surface area contributed by atoms with E-state index in [0.29, 0.717) is 13.0 Å². The van der Waals surface area contributed by atoms with Crippen LogP contribution < -0.4 is 4.90 Å². The molecule has 0 bridgehead atoms. The van der Waals surface area contributed by atoms with Gasteiger partial charge in [0.15, 0.2) is 5.13 Å². The number of anilines is 1. The van der Waals surface area contributed by atoms with Gasteiger partial charge in [-0.15, -0.1) is 11.8 Å². The molecular weight excluding hydrogens is 398 g/mol. The van der Waals surface area contributed by atoms with Gasteiger partial charge in [-0.05, 0) is 51.2 Å². The van der Waals surface area contributed by atoms with Crippen LogP contribution in [0.25, 0.3) is 10.2 Å². The van der Waals surface area contributed by atoms with Crippen molar-refractivity contribution in [3.63, 3.8) is 0 Å². The molecule has 0 unspecified atom stereocenters. The number of carbonyl (C=O) groups is 1. The molecule has 0 aliphatic heterocycles. The van der Waals surface area contributed by atoms with Gasteiger partial charge in [0.2, 0.25) is 5.91 Å². The SMILES string of the molecule is CCc1cccc2sc(N(CCN(C)C)C(=O)CCSc3ccc(C)cc3)nc12. The highest BCUT2D eigenvalue weighted by Crippen LogP contribution is 2.31. The zero-order valence-corrected chi connectivity index (χ0v) is 19.3. The fraction of sp³-hybridized carbons (Fsp3) is 0.391. The maximum atomic E-state index is 13.1. The van der Waals surface area contributed by atoms with Gasteiger partial charge < -0.3 is 4.90 Å². The van der Waals surface area contributed by atoms with Gasteiger partial charge in [-0.1, -0.05) is 48.1 Å². The van der Waals surface area contributed by atoms with E-state index in [1.165, 1.54) is 16.0 Å². The number of benzene rings is 2. The van der Waals surface area contributed by atoms with E-state index in [4.69, 9.17) is 4.98 Å². The molecule has 0 atom stereocenters. The molecule has 0 radical (unpaired) electrons.